The smallest absolute Gasteiger partial charge is 0.115 e. The molecular formula is C22H25NO2S2. The minimum atomic E-state index is 0.292. The van der Waals surface area contributed by atoms with E-state index in [1.807, 2.05) is 56.3 Å². The molecule has 0 radical (unpaired) electrons. The van der Waals surface area contributed by atoms with Gasteiger partial charge < -0.3 is 10.2 Å². The molecule has 3 nitrogen and oxygen atoms in total. The zero-order valence-corrected chi connectivity index (χ0v) is 17.2. The van der Waals surface area contributed by atoms with Crippen molar-refractivity contribution in [2.75, 3.05) is 0 Å². The van der Waals surface area contributed by atoms with E-state index in [9.17, 15) is 0 Å². The lowest BCUT2D eigenvalue weighted by atomic mass is 10.2. The van der Waals surface area contributed by atoms with Crippen LogP contribution in [-0.2, 0) is 5.75 Å². The summed E-state index contributed by atoms with van der Waals surface area (Å²) in [6.45, 7) is 7.58. The van der Waals surface area contributed by atoms with Gasteiger partial charge in [-0.05, 0) is 58.3 Å². The van der Waals surface area contributed by atoms with Crippen molar-refractivity contribution < 1.29 is 10.2 Å². The van der Waals surface area contributed by atoms with Crippen molar-refractivity contribution >= 4 is 27.7 Å². The Hall–Kier alpha value is -2.37. The van der Waals surface area contributed by atoms with Gasteiger partial charge in [0, 0.05) is 11.9 Å². The summed E-state index contributed by atoms with van der Waals surface area (Å²) < 4.78 is 0. The van der Waals surface area contributed by atoms with Crippen LogP contribution in [0.5, 0.6) is 11.5 Å². The fourth-order valence-corrected chi connectivity index (χ4v) is 3.75. The minimum absolute atomic E-state index is 0.292. The molecule has 1 heterocycles. The predicted molar refractivity (Wildman–Crippen MR) is 119 cm³/mol. The Kier molecular flexibility index (Phi) is 11.6. The Bertz CT molecular complexity index is 761. The zero-order chi connectivity index (χ0) is 19.9. The van der Waals surface area contributed by atoms with E-state index in [0.29, 0.717) is 11.5 Å². The van der Waals surface area contributed by atoms with Crippen LogP contribution in [0.2, 0.25) is 0 Å². The highest BCUT2D eigenvalue weighted by molar-refractivity contribution is 8.76. The first-order valence-electron chi connectivity index (χ1n) is 8.57. The van der Waals surface area contributed by atoms with E-state index in [2.05, 4.69) is 11.6 Å². The molecule has 5 heteroatoms. The number of phenolic OH excluding ortho intramolecular Hbond substituents is 2. The first-order valence-corrected chi connectivity index (χ1v) is 10.9. The highest BCUT2D eigenvalue weighted by Gasteiger charge is 1.97. The van der Waals surface area contributed by atoms with Crippen molar-refractivity contribution in [3.05, 3.63) is 90.6 Å². The molecule has 3 aromatic rings. The maximum atomic E-state index is 9.14. The van der Waals surface area contributed by atoms with E-state index in [0.717, 1.165) is 16.3 Å². The largest absolute Gasteiger partial charge is 0.508 e. The van der Waals surface area contributed by atoms with Crippen LogP contribution in [0.4, 0.5) is 0 Å². The van der Waals surface area contributed by atoms with Gasteiger partial charge in [0.05, 0.1) is 0 Å². The van der Waals surface area contributed by atoms with Crippen LogP contribution in [0.1, 0.15) is 25.0 Å². The first-order chi connectivity index (χ1) is 13.2. The van der Waals surface area contributed by atoms with Crippen molar-refractivity contribution in [2.24, 2.45) is 0 Å². The van der Waals surface area contributed by atoms with E-state index >= 15 is 0 Å². The van der Waals surface area contributed by atoms with Gasteiger partial charge in [0.2, 0.25) is 0 Å². The highest BCUT2D eigenvalue weighted by atomic mass is 33.1. The molecule has 0 saturated carbocycles. The molecule has 2 N–H and O–H groups in total. The molecule has 0 fully saturated rings. The molecule has 1 aromatic heterocycles. The number of rotatable bonds is 5. The van der Waals surface area contributed by atoms with Crippen molar-refractivity contribution in [1.29, 1.82) is 0 Å². The molecule has 27 heavy (non-hydrogen) atoms. The maximum absolute atomic E-state index is 9.14. The van der Waals surface area contributed by atoms with Gasteiger partial charge in [0.15, 0.2) is 0 Å². The predicted octanol–water partition coefficient (Wildman–Crippen LogP) is 6.79. The minimum Gasteiger partial charge on any atom is -0.508 e. The third kappa shape index (κ3) is 9.78. The SMILES string of the molecule is C=Cc1ccc(O)cc1.CC.Oc1ccc(CSSc2ccccn2)cc1. The number of pyridine rings is 1. The van der Waals surface area contributed by atoms with Gasteiger partial charge in [-0.1, -0.05) is 67.6 Å². The van der Waals surface area contributed by atoms with E-state index < -0.39 is 0 Å². The van der Waals surface area contributed by atoms with E-state index in [1.165, 1.54) is 5.56 Å². The van der Waals surface area contributed by atoms with Crippen LogP contribution in [0.25, 0.3) is 6.08 Å². The average molecular weight is 400 g/mol. The fraction of sp³-hybridized carbons (Fsp3) is 0.136. The van der Waals surface area contributed by atoms with Crippen molar-refractivity contribution in [3.63, 3.8) is 0 Å². The standard InChI is InChI=1S/C12H11NOS2.C8H8O.C2H6/c14-11-6-4-10(5-7-11)9-15-16-12-3-1-2-8-13-12;1-2-7-3-5-8(9)6-4-7;1-2/h1-8,14H,9H2;2-6,9H,1H2;1-2H3. The molecule has 0 spiro atoms. The van der Waals surface area contributed by atoms with Crippen molar-refractivity contribution in [2.45, 2.75) is 24.6 Å². The van der Waals surface area contributed by atoms with Gasteiger partial charge in [-0.2, -0.15) is 0 Å². The quantitative estimate of drug-likeness (QED) is 0.463. The second-order valence-electron chi connectivity index (χ2n) is 4.98. The Labute approximate surface area is 169 Å². The van der Waals surface area contributed by atoms with Gasteiger partial charge in [0.1, 0.15) is 16.5 Å². The van der Waals surface area contributed by atoms with E-state index in [-0.39, 0.29) is 0 Å². The third-order valence-electron chi connectivity index (χ3n) is 3.07. The number of benzene rings is 2. The number of aromatic nitrogens is 1. The van der Waals surface area contributed by atoms with Crippen LogP contribution in [0.3, 0.4) is 0 Å². The van der Waals surface area contributed by atoms with Crippen LogP contribution in [0.15, 0.2) is 84.5 Å². The van der Waals surface area contributed by atoms with Gasteiger partial charge in [-0.3, -0.25) is 0 Å². The monoisotopic (exact) mass is 399 g/mol. The lowest BCUT2D eigenvalue weighted by Gasteiger charge is -2.01. The number of aromatic hydroxyl groups is 2. The Morgan fingerprint density at radius 2 is 1.48 bits per heavy atom. The molecule has 0 bridgehead atoms. The lowest BCUT2D eigenvalue weighted by Crippen LogP contribution is -1.78. The molecule has 0 atom stereocenters. The number of hydrogen-bond donors (Lipinski definition) is 2. The van der Waals surface area contributed by atoms with Gasteiger partial charge in [0.25, 0.3) is 0 Å². The number of hydrogen-bond acceptors (Lipinski definition) is 5. The van der Waals surface area contributed by atoms with E-state index in [1.54, 1.807) is 58.1 Å². The third-order valence-corrected chi connectivity index (χ3v) is 5.27. The fourth-order valence-electron chi connectivity index (χ4n) is 1.76. The molecule has 0 saturated heterocycles. The summed E-state index contributed by atoms with van der Waals surface area (Å²) in [7, 11) is 3.40. The number of phenols is 2. The Balaban J connectivity index is 0.000000282. The van der Waals surface area contributed by atoms with Crippen LogP contribution >= 0.6 is 21.6 Å². The summed E-state index contributed by atoms with van der Waals surface area (Å²) in [5.41, 5.74) is 2.22. The van der Waals surface area contributed by atoms with Gasteiger partial charge in [-0.25, -0.2) is 4.98 Å². The summed E-state index contributed by atoms with van der Waals surface area (Å²) in [6.07, 6.45) is 3.53. The molecule has 0 unspecified atom stereocenters. The lowest BCUT2D eigenvalue weighted by molar-refractivity contribution is 0.474. The highest BCUT2D eigenvalue weighted by Crippen LogP contribution is 2.32. The second-order valence-corrected chi connectivity index (χ2v) is 7.29. The molecule has 0 aliphatic carbocycles. The Morgan fingerprint density at radius 1 is 0.889 bits per heavy atom. The molecule has 0 aliphatic rings. The van der Waals surface area contributed by atoms with Gasteiger partial charge in [-0.15, -0.1) is 0 Å². The summed E-state index contributed by atoms with van der Waals surface area (Å²) in [5, 5.41) is 19.0. The Morgan fingerprint density at radius 3 is 2.00 bits per heavy atom. The summed E-state index contributed by atoms with van der Waals surface area (Å²) in [5.74, 6) is 1.51. The second kappa shape index (κ2) is 13.8. The van der Waals surface area contributed by atoms with E-state index in [4.69, 9.17) is 10.2 Å². The molecule has 0 aliphatic heterocycles. The van der Waals surface area contributed by atoms with Gasteiger partial charge >= 0.3 is 0 Å². The van der Waals surface area contributed by atoms with Crippen molar-refractivity contribution in [1.82, 2.24) is 4.98 Å². The molecular weight excluding hydrogens is 374 g/mol. The molecule has 2 aromatic carbocycles. The maximum Gasteiger partial charge on any atom is 0.115 e. The average Bonchev–Trinajstić information content (AvgIpc) is 2.73. The summed E-state index contributed by atoms with van der Waals surface area (Å²) in [4.78, 5) is 4.23. The van der Waals surface area contributed by atoms with Crippen molar-refractivity contribution in [3.8, 4) is 11.5 Å². The number of nitrogens with zero attached hydrogens (tertiary/aromatic N) is 1. The normalized spacial score (nSPS) is 9.26. The molecule has 142 valence electrons. The van der Waals surface area contributed by atoms with Crippen LogP contribution in [0, 0.1) is 0 Å². The zero-order valence-electron chi connectivity index (χ0n) is 15.6. The molecule has 3 rings (SSSR count). The summed E-state index contributed by atoms with van der Waals surface area (Å²) in [6, 6.07) is 20.1. The van der Waals surface area contributed by atoms with Crippen LogP contribution < -0.4 is 0 Å². The van der Waals surface area contributed by atoms with Crippen LogP contribution in [-0.4, -0.2) is 15.2 Å². The molecule has 0 amide bonds. The first kappa shape index (κ1) is 22.7. The summed E-state index contributed by atoms with van der Waals surface area (Å²) >= 11 is 0. The topological polar surface area (TPSA) is 53.4 Å².